The van der Waals surface area contributed by atoms with Gasteiger partial charge in [-0.2, -0.15) is 5.10 Å². The number of aryl methyl sites for hydroxylation is 1. The highest BCUT2D eigenvalue weighted by Crippen LogP contribution is 2.24. The van der Waals surface area contributed by atoms with Crippen molar-refractivity contribution in [3.8, 4) is 0 Å². The Morgan fingerprint density at radius 1 is 1.24 bits per heavy atom. The maximum atomic E-state index is 6.02. The largest absolute Gasteiger partial charge is 0.356 e. The Morgan fingerprint density at radius 2 is 2.00 bits per heavy atom. The Hall–Kier alpha value is -1.20. The van der Waals surface area contributed by atoms with E-state index < -0.39 is 0 Å². The van der Waals surface area contributed by atoms with Crippen LogP contribution >= 0.6 is 0 Å². The van der Waals surface area contributed by atoms with Crippen LogP contribution in [0.3, 0.4) is 0 Å². The molecule has 1 atom stereocenters. The molecular formula is C16H29N5. The van der Waals surface area contributed by atoms with E-state index in [0.29, 0.717) is 12.6 Å². The standard InChI is InChI=1S/C16H29N5/c1-5-13-14(10-17)16(19-18-15(13)6-2)21(4)11-12-8-7-9-20(12)3/h12H,5-11,17H2,1-4H3. The van der Waals surface area contributed by atoms with Gasteiger partial charge in [0.05, 0.1) is 5.69 Å². The maximum absolute atomic E-state index is 6.02. The van der Waals surface area contributed by atoms with E-state index in [4.69, 9.17) is 5.73 Å². The predicted molar refractivity (Wildman–Crippen MR) is 87.6 cm³/mol. The minimum Gasteiger partial charge on any atom is -0.356 e. The molecule has 21 heavy (non-hydrogen) atoms. The molecule has 0 saturated carbocycles. The molecule has 118 valence electrons. The van der Waals surface area contributed by atoms with E-state index in [-0.39, 0.29) is 0 Å². The van der Waals surface area contributed by atoms with E-state index in [1.54, 1.807) is 0 Å². The molecular weight excluding hydrogens is 262 g/mol. The molecule has 1 aromatic heterocycles. The second kappa shape index (κ2) is 7.18. The van der Waals surface area contributed by atoms with Crippen LogP contribution < -0.4 is 10.6 Å². The van der Waals surface area contributed by atoms with Crippen molar-refractivity contribution in [2.75, 3.05) is 32.1 Å². The van der Waals surface area contributed by atoms with E-state index in [1.807, 2.05) is 0 Å². The zero-order chi connectivity index (χ0) is 15.4. The molecule has 0 bridgehead atoms. The molecule has 5 heteroatoms. The van der Waals surface area contributed by atoms with E-state index in [1.165, 1.54) is 30.5 Å². The minimum absolute atomic E-state index is 0.534. The molecule has 0 aromatic carbocycles. The highest BCUT2D eigenvalue weighted by molar-refractivity contribution is 5.51. The topological polar surface area (TPSA) is 58.3 Å². The monoisotopic (exact) mass is 291 g/mol. The predicted octanol–water partition coefficient (Wildman–Crippen LogP) is 1.59. The molecule has 5 nitrogen and oxygen atoms in total. The van der Waals surface area contributed by atoms with Crippen LogP contribution in [0.5, 0.6) is 0 Å². The van der Waals surface area contributed by atoms with Crippen LogP contribution in [0.25, 0.3) is 0 Å². The van der Waals surface area contributed by atoms with Gasteiger partial charge in [0.2, 0.25) is 0 Å². The molecule has 1 saturated heterocycles. The number of likely N-dealkylation sites (N-methyl/N-ethyl adjacent to an activating group) is 2. The highest BCUT2D eigenvalue weighted by Gasteiger charge is 2.24. The van der Waals surface area contributed by atoms with Crippen LogP contribution in [0.4, 0.5) is 5.82 Å². The lowest BCUT2D eigenvalue weighted by Gasteiger charge is -2.28. The Morgan fingerprint density at radius 3 is 2.52 bits per heavy atom. The lowest BCUT2D eigenvalue weighted by Crippen LogP contribution is -2.37. The van der Waals surface area contributed by atoms with Crippen LogP contribution in [0.15, 0.2) is 0 Å². The summed E-state index contributed by atoms with van der Waals surface area (Å²) in [6, 6.07) is 0.610. The molecule has 2 N–H and O–H groups in total. The molecule has 1 unspecified atom stereocenters. The van der Waals surface area contributed by atoms with Crippen molar-refractivity contribution in [3.05, 3.63) is 16.8 Å². The quantitative estimate of drug-likeness (QED) is 0.862. The molecule has 0 aliphatic carbocycles. The number of aromatic nitrogens is 2. The lowest BCUT2D eigenvalue weighted by molar-refractivity contribution is 0.313. The third kappa shape index (κ3) is 3.35. The molecule has 0 radical (unpaired) electrons. The Labute approximate surface area is 128 Å². The summed E-state index contributed by atoms with van der Waals surface area (Å²) >= 11 is 0. The summed E-state index contributed by atoms with van der Waals surface area (Å²) in [4.78, 5) is 4.67. The van der Waals surface area contributed by atoms with Gasteiger partial charge in [-0.1, -0.05) is 13.8 Å². The third-order valence-corrected chi connectivity index (χ3v) is 4.66. The molecule has 2 rings (SSSR count). The normalized spacial score (nSPS) is 19.2. The SMILES string of the molecule is CCc1nnc(N(C)CC2CCCN2C)c(CN)c1CC. The van der Waals surface area contributed by atoms with Gasteiger partial charge in [-0.3, -0.25) is 0 Å². The fraction of sp³-hybridized carbons (Fsp3) is 0.750. The van der Waals surface area contributed by atoms with Crippen molar-refractivity contribution >= 4 is 5.82 Å². The second-order valence-electron chi connectivity index (χ2n) is 6.00. The van der Waals surface area contributed by atoms with Gasteiger partial charge >= 0.3 is 0 Å². The Kier molecular flexibility index (Phi) is 5.53. The lowest BCUT2D eigenvalue weighted by atomic mass is 10.0. The summed E-state index contributed by atoms with van der Waals surface area (Å²) in [5.74, 6) is 0.965. The van der Waals surface area contributed by atoms with Crippen LogP contribution in [0.2, 0.25) is 0 Å². The van der Waals surface area contributed by atoms with Crippen molar-refractivity contribution in [1.29, 1.82) is 0 Å². The van der Waals surface area contributed by atoms with Crippen LogP contribution in [0, 0.1) is 0 Å². The van der Waals surface area contributed by atoms with Gasteiger partial charge < -0.3 is 15.5 Å². The van der Waals surface area contributed by atoms with Gasteiger partial charge in [-0.25, -0.2) is 0 Å². The maximum Gasteiger partial charge on any atom is 0.155 e. The fourth-order valence-electron chi connectivity index (χ4n) is 3.37. The smallest absolute Gasteiger partial charge is 0.155 e. The third-order valence-electron chi connectivity index (χ3n) is 4.66. The van der Waals surface area contributed by atoms with Crippen molar-refractivity contribution < 1.29 is 0 Å². The number of hydrogen-bond donors (Lipinski definition) is 1. The summed E-state index contributed by atoms with van der Waals surface area (Å²) < 4.78 is 0. The van der Waals surface area contributed by atoms with Crippen LogP contribution in [-0.2, 0) is 19.4 Å². The molecule has 1 aliphatic rings. The number of hydrogen-bond acceptors (Lipinski definition) is 5. The van der Waals surface area contributed by atoms with E-state index >= 15 is 0 Å². The van der Waals surface area contributed by atoms with E-state index in [2.05, 4.69) is 47.9 Å². The number of nitrogens with zero attached hydrogens (tertiary/aromatic N) is 4. The van der Waals surface area contributed by atoms with Gasteiger partial charge in [0.1, 0.15) is 0 Å². The van der Waals surface area contributed by atoms with Gasteiger partial charge in [0, 0.05) is 31.7 Å². The molecule has 1 aromatic rings. The fourth-order valence-corrected chi connectivity index (χ4v) is 3.37. The van der Waals surface area contributed by atoms with E-state index in [0.717, 1.165) is 30.9 Å². The van der Waals surface area contributed by atoms with Crippen molar-refractivity contribution in [1.82, 2.24) is 15.1 Å². The van der Waals surface area contributed by atoms with Gasteiger partial charge in [0.15, 0.2) is 5.82 Å². The summed E-state index contributed by atoms with van der Waals surface area (Å²) in [6.45, 7) is 7.02. The molecule has 1 aliphatic heterocycles. The van der Waals surface area contributed by atoms with Gasteiger partial charge in [0.25, 0.3) is 0 Å². The molecule has 1 fully saturated rings. The summed E-state index contributed by atoms with van der Waals surface area (Å²) in [5, 5.41) is 8.90. The molecule has 0 spiro atoms. The van der Waals surface area contributed by atoms with Crippen molar-refractivity contribution in [3.63, 3.8) is 0 Å². The summed E-state index contributed by atoms with van der Waals surface area (Å²) in [5.41, 5.74) is 9.57. The first kappa shape index (κ1) is 16.2. The minimum atomic E-state index is 0.534. The second-order valence-corrected chi connectivity index (χ2v) is 6.00. The Balaban J connectivity index is 2.25. The first-order chi connectivity index (χ1) is 10.1. The first-order valence-electron chi connectivity index (χ1n) is 8.11. The van der Waals surface area contributed by atoms with Gasteiger partial charge in [-0.05, 0) is 44.8 Å². The average molecular weight is 291 g/mol. The zero-order valence-electron chi connectivity index (χ0n) is 13.9. The number of likely N-dealkylation sites (tertiary alicyclic amines) is 1. The van der Waals surface area contributed by atoms with Crippen molar-refractivity contribution in [2.24, 2.45) is 5.73 Å². The number of anilines is 1. The van der Waals surface area contributed by atoms with Crippen LogP contribution in [-0.4, -0.2) is 48.3 Å². The highest BCUT2D eigenvalue weighted by atomic mass is 15.3. The van der Waals surface area contributed by atoms with Gasteiger partial charge in [-0.15, -0.1) is 5.10 Å². The summed E-state index contributed by atoms with van der Waals surface area (Å²) in [7, 11) is 4.32. The van der Waals surface area contributed by atoms with E-state index in [9.17, 15) is 0 Å². The first-order valence-corrected chi connectivity index (χ1v) is 8.11. The summed E-state index contributed by atoms with van der Waals surface area (Å²) in [6.07, 6.45) is 4.44. The number of rotatable bonds is 6. The molecule has 2 heterocycles. The average Bonchev–Trinajstić information content (AvgIpc) is 2.90. The van der Waals surface area contributed by atoms with Crippen molar-refractivity contribution in [2.45, 2.75) is 52.1 Å². The molecule has 0 amide bonds. The number of nitrogens with two attached hydrogens (primary N) is 1. The van der Waals surface area contributed by atoms with Crippen LogP contribution in [0.1, 0.15) is 43.5 Å². The Bertz CT molecular complexity index is 474. The zero-order valence-corrected chi connectivity index (χ0v) is 13.9.